The highest BCUT2D eigenvalue weighted by Crippen LogP contribution is 2.42. The fourth-order valence-electron chi connectivity index (χ4n) is 6.08. The topological polar surface area (TPSA) is 112 Å². The number of carbonyl (C=O) groups excluding carboxylic acids is 2. The van der Waals surface area contributed by atoms with E-state index in [0.717, 1.165) is 44.4 Å². The zero-order chi connectivity index (χ0) is 32.9. The molecule has 0 saturated carbocycles. The number of benzene rings is 4. The molecule has 1 fully saturated rings. The number of hydrogen-bond acceptors (Lipinski definition) is 7. The van der Waals surface area contributed by atoms with Crippen LogP contribution in [0.5, 0.6) is 0 Å². The first-order chi connectivity index (χ1) is 22.8. The number of carbonyl (C=O) groups is 2. The van der Waals surface area contributed by atoms with Gasteiger partial charge in [-0.05, 0) is 46.9 Å². The van der Waals surface area contributed by atoms with Gasteiger partial charge < -0.3 is 29.2 Å². The van der Waals surface area contributed by atoms with E-state index >= 15 is 0 Å². The molecule has 9 heteroatoms. The van der Waals surface area contributed by atoms with Crippen molar-refractivity contribution in [2.75, 3.05) is 0 Å². The van der Waals surface area contributed by atoms with Crippen molar-refractivity contribution in [2.24, 2.45) is 5.92 Å². The Kier molecular flexibility index (Phi) is 9.77. The maximum absolute atomic E-state index is 12.5. The van der Waals surface area contributed by atoms with Gasteiger partial charge in [-0.1, -0.05) is 91.9 Å². The number of aromatic nitrogens is 2. The summed E-state index contributed by atoms with van der Waals surface area (Å²) in [6.07, 6.45) is -0.0289. The van der Waals surface area contributed by atoms with Crippen LogP contribution < -0.4 is 5.32 Å². The van der Waals surface area contributed by atoms with Gasteiger partial charge in [0.25, 0.3) is 5.91 Å². The second-order valence-corrected chi connectivity index (χ2v) is 12.0. The Bertz CT molecular complexity index is 1830. The van der Waals surface area contributed by atoms with Crippen LogP contribution in [0.1, 0.15) is 55.4 Å². The number of nitrogens with one attached hydrogen (secondary N) is 1. The minimum atomic E-state index is -0.870. The fourth-order valence-corrected chi connectivity index (χ4v) is 6.08. The van der Waals surface area contributed by atoms with Gasteiger partial charge in [-0.25, -0.2) is 4.98 Å². The third kappa shape index (κ3) is 7.28. The van der Waals surface area contributed by atoms with Crippen LogP contribution in [-0.4, -0.2) is 38.7 Å². The molecule has 1 aliphatic heterocycles. The van der Waals surface area contributed by atoms with Gasteiger partial charge in [0.15, 0.2) is 12.4 Å². The number of rotatable bonds is 10. The summed E-state index contributed by atoms with van der Waals surface area (Å²) in [6.45, 7) is 5.86. The average molecular weight is 634 g/mol. The van der Waals surface area contributed by atoms with Crippen molar-refractivity contribution >= 4 is 22.9 Å². The van der Waals surface area contributed by atoms with Crippen molar-refractivity contribution in [3.8, 4) is 11.1 Å². The molecule has 0 aliphatic carbocycles. The van der Waals surface area contributed by atoms with Crippen LogP contribution in [0.15, 0.2) is 103 Å². The molecule has 6 rings (SSSR count). The molecule has 0 bridgehead atoms. The molecule has 1 aliphatic rings. The van der Waals surface area contributed by atoms with Gasteiger partial charge in [-0.2, -0.15) is 0 Å². The molecular formula is C38H39N3O6. The van der Waals surface area contributed by atoms with Gasteiger partial charge in [0.05, 0.1) is 42.7 Å². The van der Waals surface area contributed by atoms with E-state index in [1.165, 1.54) is 6.92 Å². The minimum Gasteiger partial charge on any atom is -0.453 e. The number of hydrogen-bond donors (Lipinski definition) is 2. The molecule has 2 heterocycles. The van der Waals surface area contributed by atoms with Gasteiger partial charge in [0.1, 0.15) is 0 Å². The monoisotopic (exact) mass is 633 g/mol. The summed E-state index contributed by atoms with van der Waals surface area (Å²) in [4.78, 5) is 28.3. The summed E-state index contributed by atoms with van der Waals surface area (Å²) in [5.41, 5.74) is 7.64. The maximum atomic E-state index is 12.5. The van der Waals surface area contributed by atoms with Crippen molar-refractivity contribution in [3.63, 3.8) is 0 Å². The number of aliphatic hydroxyl groups excluding tert-OH is 1. The van der Waals surface area contributed by atoms with E-state index in [1.54, 1.807) is 6.92 Å². The zero-order valence-electron chi connectivity index (χ0n) is 26.7. The molecule has 4 aromatic carbocycles. The molecule has 2 N–H and O–H groups in total. The first-order valence-electron chi connectivity index (χ1n) is 15.8. The van der Waals surface area contributed by atoms with E-state index in [0.29, 0.717) is 6.54 Å². The van der Waals surface area contributed by atoms with E-state index < -0.39 is 18.4 Å². The standard InChI is InChI=1S/C38H39N3O6/c1-24-35(21-41-23-40-33-10-6-7-11-34(33)41)46-38(47-36(24)29-14-12-27(22-42)13-15-29)30-18-16-28(17-19-30)32-9-5-4-8-31(32)20-39-37(44)25(2)45-26(3)43/h4-19,23-25,35-36,38,42H,20-22H2,1-3H3,(H,39,44)/t24-,25+,35+,36+,38+/m1/s1. The molecule has 1 saturated heterocycles. The smallest absolute Gasteiger partial charge is 0.303 e. The average Bonchev–Trinajstić information content (AvgIpc) is 3.50. The number of ether oxygens (including phenoxy) is 3. The Hall–Kier alpha value is -4.83. The third-order valence-electron chi connectivity index (χ3n) is 8.70. The van der Waals surface area contributed by atoms with Crippen LogP contribution in [0.25, 0.3) is 22.2 Å². The van der Waals surface area contributed by atoms with Gasteiger partial charge >= 0.3 is 5.97 Å². The molecule has 0 radical (unpaired) electrons. The summed E-state index contributed by atoms with van der Waals surface area (Å²) < 4.78 is 20.5. The van der Waals surface area contributed by atoms with E-state index in [4.69, 9.17) is 14.2 Å². The Morgan fingerprint density at radius 2 is 1.64 bits per heavy atom. The number of aliphatic hydroxyl groups is 1. The molecular weight excluding hydrogens is 594 g/mol. The Labute approximate surface area is 274 Å². The van der Waals surface area contributed by atoms with E-state index in [-0.39, 0.29) is 37.2 Å². The van der Waals surface area contributed by atoms with Crippen LogP contribution in [0.3, 0.4) is 0 Å². The van der Waals surface area contributed by atoms with Crippen molar-refractivity contribution in [2.45, 2.75) is 65.1 Å². The van der Waals surface area contributed by atoms with Crippen LogP contribution in [-0.2, 0) is 43.5 Å². The molecule has 1 amide bonds. The van der Waals surface area contributed by atoms with Gasteiger partial charge in [0.2, 0.25) is 0 Å². The number of esters is 1. The normalized spacial score (nSPS) is 20.1. The number of para-hydroxylation sites is 2. The molecule has 1 aromatic heterocycles. The lowest BCUT2D eigenvalue weighted by Gasteiger charge is -2.41. The second kappa shape index (κ2) is 14.3. The van der Waals surface area contributed by atoms with Crippen molar-refractivity contribution in [3.05, 3.63) is 126 Å². The molecule has 47 heavy (non-hydrogen) atoms. The van der Waals surface area contributed by atoms with Crippen molar-refractivity contribution in [1.82, 2.24) is 14.9 Å². The summed E-state index contributed by atoms with van der Waals surface area (Å²) in [6, 6.07) is 31.9. The summed E-state index contributed by atoms with van der Waals surface area (Å²) in [5, 5.41) is 12.5. The van der Waals surface area contributed by atoms with Gasteiger partial charge in [0, 0.05) is 24.9 Å². The lowest BCUT2D eigenvalue weighted by atomic mass is 9.90. The molecule has 0 spiro atoms. The molecule has 5 aromatic rings. The Morgan fingerprint density at radius 3 is 2.38 bits per heavy atom. The molecule has 242 valence electrons. The lowest BCUT2D eigenvalue weighted by molar-refractivity contribution is -0.276. The highest BCUT2D eigenvalue weighted by atomic mass is 16.7. The first-order valence-corrected chi connectivity index (χ1v) is 15.8. The molecule has 0 unspecified atom stereocenters. The van der Waals surface area contributed by atoms with Gasteiger partial charge in [-0.3, -0.25) is 9.59 Å². The van der Waals surface area contributed by atoms with Crippen LogP contribution in [0.4, 0.5) is 0 Å². The number of amides is 1. The number of imidazole rings is 1. The van der Waals surface area contributed by atoms with Crippen LogP contribution >= 0.6 is 0 Å². The predicted molar refractivity (Wildman–Crippen MR) is 178 cm³/mol. The zero-order valence-corrected chi connectivity index (χ0v) is 26.7. The van der Waals surface area contributed by atoms with Crippen LogP contribution in [0, 0.1) is 5.92 Å². The number of fused-ring (bicyclic) bond motifs is 1. The summed E-state index contributed by atoms with van der Waals surface area (Å²) in [5.74, 6) is -0.830. The Balaban J connectivity index is 1.24. The molecule has 9 nitrogen and oxygen atoms in total. The third-order valence-corrected chi connectivity index (χ3v) is 8.70. The quantitative estimate of drug-likeness (QED) is 0.175. The van der Waals surface area contributed by atoms with Crippen molar-refractivity contribution in [1.29, 1.82) is 0 Å². The van der Waals surface area contributed by atoms with Crippen molar-refractivity contribution < 1.29 is 28.9 Å². The van der Waals surface area contributed by atoms with E-state index in [2.05, 4.69) is 27.9 Å². The van der Waals surface area contributed by atoms with Gasteiger partial charge in [-0.15, -0.1) is 0 Å². The largest absolute Gasteiger partial charge is 0.453 e. The first kappa shape index (κ1) is 32.1. The second-order valence-electron chi connectivity index (χ2n) is 12.0. The predicted octanol–water partition coefficient (Wildman–Crippen LogP) is 6.26. The minimum absolute atomic E-state index is 0.0152. The fraction of sp³-hybridized carbons (Fsp3) is 0.289. The van der Waals surface area contributed by atoms with E-state index in [9.17, 15) is 14.7 Å². The Morgan fingerprint density at radius 1 is 0.936 bits per heavy atom. The SMILES string of the molecule is CC(=O)O[C@@H](C)C(=O)NCc1ccccc1-c1ccc([C@H]2O[C@@H](Cn3cnc4ccccc43)[C@@H](C)[C@@H](c3ccc(CO)cc3)O2)cc1. The summed E-state index contributed by atoms with van der Waals surface area (Å²) in [7, 11) is 0. The number of nitrogens with zero attached hydrogens (tertiary/aromatic N) is 2. The van der Waals surface area contributed by atoms with Crippen LogP contribution in [0.2, 0.25) is 0 Å². The maximum Gasteiger partial charge on any atom is 0.303 e. The molecule has 5 atom stereocenters. The highest BCUT2D eigenvalue weighted by Gasteiger charge is 2.38. The summed E-state index contributed by atoms with van der Waals surface area (Å²) >= 11 is 0. The lowest BCUT2D eigenvalue weighted by Crippen LogP contribution is -2.39. The van der Waals surface area contributed by atoms with E-state index in [1.807, 2.05) is 97.3 Å². The highest BCUT2D eigenvalue weighted by molar-refractivity contribution is 5.83.